The largest absolute Gasteiger partial charge is 0.484 e. The van der Waals surface area contributed by atoms with E-state index in [0.717, 1.165) is 5.75 Å². The molecule has 0 unspecified atom stereocenters. The van der Waals surface area contributed by atoms with Crippen LogP contribution in [0.2, 0.25) is 5.02 Å². The van der Waals surface area contributed by atoms with Crippen LogP contribution in [0.25, 0.3) is 0 Å². The lowest BCUT2D eigenvalue weighted by atomic mass is 10.3. The maximum atomic E-state index is 11.8. The minimum Gasteiger partial charge on any atom is -0.484 e. The van der Waals surface area contributed by atoms with Gasteiger partial charge in [0.25, 0.3) is 5.91 Å². The van der Waals surface area contributed by atoms with Crippen LogP contribution < -0.4 is 10.1 Å². The Morgan fingerprint density at radius 3 is 2.71 bits per heavy atom. The molecule has 1 N–H and O–H groups in total. The number of esters is 1. The topological polar surface area (TPSA) is 64.6 Å². The van der Waals surface area contributed by atoms with E-state index in [2.05, 4.69) is 10.1 Å². The van der Waals surface area contributed by atoms with Gasteiger partial charge >= 0.3 is 5.97 Å². The number of carbonyl (C=O) groups is 2. The molecule has 7 heteroatoms. The average Bonchev–Trinajstić information content (AvgIpc) is 2.94. The molecule has 21 heavy (non-hydrogen) atoms. The monoisotopic (exact) mass is 327 g/mol. The molecule has 0 saturated heterocycles. The van der Waals surface area contributed by atoms with Crippen molar-refractivity contribution in [2.75, 3.05) is 19.5 Å². The van der Waals surface area contributed by atoms with E-state index in [-0.39, 0.29) is 12.5 Å². The van der Waals surface area contributed by atoms with Crippen LogP contribution in [0.5, 0.6) is 5.75 Å². The summed E-state index contributed by atoms with van der Waals surface area (Å²) in [5, 5.41) is 3.29. The first-order chi connectivity index (χ1) is 10.1. The summed E-state index contributed by atoms with van der Waals surface area (Å²) in [6.07, 6.45) is 0.627. The predicted molar refractivity (Wildman–Crippen MR) is 81.2 cm³/mol. The molecule has 1 aliphatic rings. The summed E-state index contributed by atoms with van der Waals surface area (Å²) in [6.45, 7) is -0.135. The summed E-state index contributed by atoms with van der Waals surface area (Å²) in [7, 11) is 1.32. The molecule has 1 amide bonds. The molecule has 0 saturated carbocycles. The zero-order valence-corrected chi connectivity index (χ0v) is 12.9. The first-order valence-corrected chi connectivity index (χ1v) is 7.59. The number of carbonyl (C=O) groups excluding carboxylic acids is 2. The Hall–Kier alpha value is -1.66. The van der Waals surface area contributed by atoms with Crippen molar-refractivity contribution < 1.29 is 19.1 Å². The zero-order chi connectivity index (χ0) is 15.2. The number of thioether (sulfide) groups is 1. The highest BCUT2D eigenvalue weighted by molar-refractivity contribution is 8.04. The van der Waals surface area contributed by atoms with Crippen molar-refractivity contribution in [2.45, 2.75) is 6.42 Å². The minimum atomic E-state index is -0.425. The van der Waals surface area contributed by atoms with Gasteiger partial charge < -0.3 is 14.8 Å². The zero-order valence-electron chi connectivity index (χ0n) is 11.3. The number of halogens is 1. The van der Waals surface area contributed by atoms with Crippen molar-refractivity contribution in [3.8, 4) is 5.75 Å². The molecule has 112 valence electrons. The van der Waals surface area contributed by atoms with Gasteiger partial charge in [-0.2, -0.15) is 0 Å². The second-order valence-corrected chi connectivity index (χ2v) is 5.73. The van der Waals surface area contributed by atoms with Gasteiger partial charge in [-0.05, 0) is 30.7 Å². The Morgan fingerprint density at radius 2 is 2.05 bits per heavy atom. The van der Waals surface area contributed by atoms with E-state index in [1.54, 1.807) is 24.3 Å². The summed E-state index contributed by atoms with van der Waals surface area (Å²) >= 11 is 7.14. The number of methoxy groups -OCH3 is 1. The van der Waals surface area contributed by atoms with Gasteiger partial charge in [-0.1, -0.05) is 11.6 Å². The predicted octanol–water partition coefficient (Wildman–Crippen LogP) is 2.36. The molecular weight excluding hydrogens is 314 g/mol. The van der Waals surface area contributed by atoms with Crippen molar-refractivity contribution >= 4 is 35.2 Å². The van der Waals surface area contributed by atoms with Gasteiger partial charge in [0.05, 0.1) is 7.11 Å². The molecule has 2 rings (SSSR count). The number of benzene rings is 1. The Kier molecular flexibility index (Phi) is 5.52. The van der Waals surface area contributed by atoms with Gasteiger partial charge in [-0.25, -0.2) is 4.79 Å². The molecule has 0 atom stereocenters. The first kappa shape index (κ1) is 15.7. The Balaban J connectivity index is 1.89. The Labute approximate surface area is 131 Å². The number of amides is 1. The minimum absolute atomic E-state index is 0.135. The average molecular weight is 328 g/mol. The van der Waals surface area contributed by atoms with E-state index in [1.165, 1.54) is 18.9 Å². The van der Waals surface area contributed by atoms with Crippen LogP contribution in [-0.4, -0.2) is 31.3 Å². The molecule has 5 nitrogen and oxygen atoms in total. The van der Waals surface area contributed by atoms with E-state index >= 15 is 0 Å². The van der Waals surface area contributed by atoms with Crippen molar-refractivity contribution in [3.05, 3.63) is 39.9 Å². The van der Waals surface area contributed by atoms with Gasteiger partial charge in [0, 0.05) is 16.5 Å². The summed E-state index contributed by atoms with van der Waals surface area (Å²) in [6, 6.07) is 6.72. The van der Waals surface area contributed by atoms with Gasteiger partial charge in [-0.3, -0.25) is 4.79 Å². The van der Waals surface area contributed by atoms with Crippen LogP contribution in [0.1, 0.15) is 6.42 Å². The second-order valence-electron chi connectivity index (χ2n) is 4.19. The van der Waals surface area contributed by atoms with Gasteiger partial charge in [0.2, 0.25) is 0 Å². The Bertz CT molecular complexity index is 571. The van der Waals surface area contributed by atoms with Crippen LogP contribution in [0.4, 0.5) is 0 Å². The fraction of sp³-hybridized carbons (Fsp3) is 0.286. The standard InChI is InChI=1S/C14H14ClNO4S/c1-19-14(18)13-11(6-7-21-13)16-12(17)8-20-10-4-2-9(15)3-5-10/h2-5H,6-8H2,1H3,(H,16,17). The highest BCUT2D eigenvalue weighted by atomic mass is 35.5. The number of allylic oxidation sites excluding steroid dienone is 1. The molecule has 0 aliphatic carbocycles. The lowest BCUT2D eigenvalue weighted by Crippen LogP contribution is -2.29. The van der Waals surface area contributed by atoms with Gasteiger partial charge in [-0.15, -0.1) is 11.8 Å². The third-order valence-corrected chi connectivity index (χ3v) is 4.08. The number of nitrogens with one attached hydrogen (secondary N) is 1. The molecule has 0 radical (unpaired) electrons. The third kappa shape index (κ3) is 4.41. The van der Waals surface area contributed by atoms with E-state index in [9.17, 15) is 9.59 Å². The van der Waals surface area contributed by atoms with Crippen LogP contribution in [-0.2, 0) is 14.3 Å². The summed E-state index contributed by atoms with van der Waals surface area (Å²) in [5.41, 5.74) is 0.594. The number of hydrogen-bond acceptors (Lipinski definition) is 5. The highest BCUT2D eigenvalue weighted by Crippen LogP contribution is 2.30. The van der Waals surface area contributed by atoms with Crippen molar-refractivity contribution in [3.63, 3.8) is 0 Å². The van der Waals surface area contributed by atoms with Crippen molar-refractivity contribution in [1.82, 2.24) is 5.32 Å². The summed E-state index contributed by atoms with van der Waals surface area (Å²) in [5.74, 6) is 0.561. The quantitative estimate of drug-likeness (QED) is 0.841. The van der Waals surface area contributed by atoms with Crippen LogP contribution >= 0.6 is 23.4 Å². The number of ether oxygens (including phenoxy) is 2. The lowest BCUT2D eigenvalue weighted by Gasteiger charge is -2.09. The first-order valence-electron chi connectivity index (χ1n) is 6.22. The smallest absolute Gasteiger partial charge is 0.346 e. The SMILES string of the molecule is COC(=O)C1=C(NC(=O)COc2ccc(Cl)cc2)CCS1. The van der Waals surface area contributed by atoms with E-state index in [1.807, 2.05) is 0 Å². The second kappa shape index (κ2) is 7.38. The molecule has 0 spiro atoms. The maximum Gasteiger partial charge on any atom is 0.346 e. The summed E-state index contributed by atoms with van der Waals surface area (Å²) in [4.78, 5) is 23.8. The van der Waals surface area contributed by atoms with E-state index in [4.69, 9.17) is 16.3 Å². The number of rotatable bonds is 5. The molecule has 0 fully saturated rings. The van der Waals surface area contributed by atoms with Gasteiger partial charge in [0.15, 0.2) is 6.61 Å². The molecule has 1 aliphatic heterocycles. The van der Waals surface area contributed by atoms with Crippen LogP contribution in [0.15, 0.2) is 34.9 Å². The lowest BCUT2D eigenvalue weighted by molar-refractivity contribution is -0.135. The summed E-state index contributed by atoms with van der Waals surface area (Å²) < 4.78 is 10.0. The fourth-order valence-corrected chi connectivity index (χ4v) is 2.90. The van der Waals surface area contributed by atoms with Crippen molar-refractivity contribution in [1.29, 1.82) is 0 Å². The van der Waals surface area contributed by atoms with E-state index < -0.39 is 5.97 Å². The molecule has 1 heterocycles. The molecule has 0 aromatic heterocycles. The van der Waals surface area contributed by atoms with Crippen molar-refractivity contribution in [2.24, 2.45) is 0 Å². The third-order valence-electron chi connectivity index (χ3n) is 2.72. The Morgan fingerprint density at radius 1 is 1.33 bits per heavy atom. The van der Waals surface area contributed by atoms with E-state index in [0.29, 0.717) is 27.8 Å². The van der Waals surface area contributed by atoms with Crippen LogP contribution in [0.3, 0.4) is 0 Å². The fourth-order valence-electron chi connectivity index (χ4n) is 1.73. The van der Waals surface area contributed by atoms with Crippen LogP contribution in [0, 0.1) is 0 Å². The maximum absolute atomic E-state index is 11.8. The van der Waals surface area contributed by atoms with Gasteiger partial charge in [0.1, 0.15) is 10.7 Å². The normalized spacial score (nSPS) is 14.0. The number of hydrogen-bond donors (Lipinski definition) is 1. The highest BCUT2D eigenvalue weighted by Gasteiger charge is 2.23. The molecule has 0 bridgehead atoms. The molecular formula is C14H14ClNO4S. The molecule has 1 aromatic rings. The molecule has 1 aromatic carbocycles.